The van der Waals surface area contributed by atoms with Gasteiger partial charge in [-0.25, -0.2) is 15.0 Å². The van der Waals surface area contributed by atoms with Gasteiger partial charge in [-0.2, -0.15) is 4.98 Å². The summed E-state index contributed by atoms with van der Waals surface area (Å²) in [6.45, 7) is 4.20. The van der Waals surface area contributed by atoms with Gasteiger partial charge in [-0.05, 0) is 26.2 Å². The molecule has 1 aliphatic heterocycles. The minimum atomic E-state index is 0.160. The second kappa shape index (κ2) is 7.23. The number of imidazole rings is 1. The van der Waals surface area contributed by atoms with Crippen molar-refractivity contribution < 1.29 is 0 Å². The fourth-order valence-corrected chi connectivity index (χ4v) is 5.47. The Balaban J connectivity index is 1.49. The molecule has 1 saturated carbocycles. The first-order valence-corrected chi connectivity index (χ1v) is 11.6. The fraction of sp³-hybridized carbons (Fsp3) is 0.429. The van der Waals surface area contributed by atoms with Crippen LogP contribution in [0.5, 0.6) is 0 Å². The van der Waals surface area contributed by atoms with E-state index in [-0.39, 0.29) is 6.04 Å². The van der Waals surface area contributed by atoms with Crippen molar-refractivity contribution in [3.05, 3.63) is 41.9 Å². The van der Waals surface area contributed by atoms with Crippen molar-refractivity contribution in [2.75, 3.05) is 4.90 Å². The van der Waals surface area contributed by atoms with Gasteiger partial charge in [-0.3, -0.25) is 9.13 Å². The van der Waals surface area contributed by atoms with Crippen LogP contribution in [-0.4, -0.2) is 45.3 Å². The van der Waals surface area contributed by atoms with E-state index in [1.165, 1.54) is 25.7 Å². The summed E-state index contributed by atoms with van der Waals surface area (Å²) in [6.07, 6.45) is 13.2. The summed E-state index contributed by atoms with van der Waals surface area (Å²) >= 11 is 1.57. The number of aromatic nitrogens is 8. The molecule has 1 atom stereocenters. The van der Waals surface area contributed by atoms with E-state index in [1.54, 1.807) is 23.9 Å². The molecule has 0 unspecified atom stereocenters. The van der Waals surface area contributed by atoms with E-state index in [0.29, 0.717) is 12.0 Å². The highest BCUT2D eigenvalue weighted by Gasteiger charge is 2.39. The maximum Gasteiger partial charge on any atom is 0.237 e. The molecule has 0 N–H and O–H groups in total. The fourth-order valence-electron chi connectivity index (χ4n) is 4.88. The van der Waals surface area contributed by atoms with Crippen LogP contribution in [0.3, 0.4) is 0 Å². The lowest BCUT2D eigenvalue weighted by Gasteiger charge is -2.41. The summed E-state index contributed by atoms with van der Waals surface area (Å²) in [7, 11) is 0. The van der Waals surface area contributed by atoms with Gasteiger partial charge >= 0.3 is 0 Å². The molecule has 0 saturated heterocycles. The summed E-state index contributed by atoms with van der Waals surface area (Å²) in [6, 6.07) is 0.624. The van der Waals surface area contributed by atoms with Gasteiger partial charge in [0.2, 0.25) is 5.95 Å². The van der Waals surface area contributed by atoms with Gasteiger partial charge < -0.3 is 4.90 Å². The quantitative estimate of drug-likeness (QED) is 0.482. The molecular weight excluding hydrogens is 410 g/mol. The first kappa shape index (κ1) is 18.6. The SMILES string of the molecule is CC[C@@H]1c2nnc(C)n2-c2cnc(-n3cnc(-c4nccs4)c3)nc2N1C1CCCC1. The predicted molar refractivity (Wildman–Crippen MR) is 118 cm³/mol. The molecule has 5 heterocycles. The van der Waals surface area contributed by atoms with Crippen LogP contribution in [0.15, 0.2) is 30.3 Å². The molecule has 10 heteroatoms. The predicted octanol–water partition coefficient (Wildman–Crippen LogP) is 3.89. The van der Waals surface area contributed by atoms with Crippen molar-refractivity contribution in [1.29, 1.82) is 0 Å². The van der Waals surface area contributed by atoms with Crippen LogP contribution in [0.2, 0.25) is 0 Å². The molecule has 1 aliphatic carbocycles. The second-order valence-electron chi connectivity index (χ2n) is 8.09. The zero-order valence-corrected chi connectivity index (χ0v) is 18.3. The van der Waals surface area contributed by atoms with Gasteiger partial charge in [0.25, 0.3) is 0 Å². The molecule has 0 amide bonds. The zero-order chi connectivity index (χ0) is 20.9. The number of fused-ring (bicyclic) bond motifs is 3. The summed E-state index contributed by atoms with van der Waals surface area (Å²) in [4.78, 5) is 21.1. The third kappa shape index (κ3) is 2.88. The van der Waals surface area contributed by atoms with Crippen LogP contribution in [0.4, 0.5) is 5.82 Å². The molecule has 4 aromatic heterocycles. The molecule has 4 aromatic rings. The van der Waals surface area contributed by atoms with Gasteiger partial charge in [0.05, 0.1) is 12.2 Å². The van der Waals surface area contributed by atoms with Crippen LogP contribution in [0.25, 0.3) is 22.3 Å². The van der Waals surface area contributed by atoms with Gasteiger partial charge in [0.15, 0.2) is 11.6 Å². The van der Waals surface area contributed by atoms with E-state index >= 15 is 0 Å². The van der Waals surface area contributed by atoms with Crippen LogP contribution < -0.4 is 4.90 Å². The molecule has 9 nitrogen and oxygen atoms in total. The van der Waals surface area contributed by atoms with Gasteiger partial charge in [-0.15, -0.1) is 21.5 Å². The molecule has 1 fully saturated rings. The normalized spacial score (nSPS) is 18.4. The Morgan fingerprint density at radius 3 is 2.77 bits per heavy atom. The summed E-state index contributed by atoms with van der Waals surface area (Å²) in [5.41, 5.74) is 1.78. The summed E-state index contributed by atoms with van der Waals surface area (Å²) in [5, 5.41) is 11.8. The Hall–Kier alpha value is -3.14. The van der Waals surface area contributed by atoms with Crippen LogP contribution >= 0.6 is 11.3 Å². The Kier molecular flexibility index (Phi) is 4.34. The third-order valence-corrected chi connectivity index (χ3v) is 7.07. The van der Waals surface area contributed by atoms with Crippen molar-refractivity contribution >= 4 is 17.2 Å². The average molecular weight is 434 g/mol. The minimum absolute atomic E-state index is 0.160. The maximum absolute atomic E-state index is 5.07. The number of thiazole rings is 1. The Morgan fingerprint density at radius 2 is 2.00 bits per heavy atom. The molecular formula is C21H23N9S. The van der Waals surface area contributed by atoms with E-state index < -0.39 is 0 Å². The zero-order valence-electron chi connectivity index (χ0n) is 17.5. The van der Waals surface area contributed by atoms with Gasteiger partial charge in [-0.1, -0.05) is 19.8 Å². The van der Waals surface area contributed by atoms with E-state index in [0.717, 1.165) is 40.3 Å². The van der Waals surface area contributed by atoms with Gasteiger partial charge in [0, 0.05) is 23.8 Å². The lowest BCUT2D eigenvalue weighted by molar-refractivity contribution is 0.467. The number of nitrogens with zero attached hydrogens (tertiary/aromatic N) is 9. The van der Waals surface area contributed by atoms with Gasteiger partial charge in [0.1, 0.15) is 28.5 Å². The van der Waals surface area contributed by atoms with E-state index in [4.69, 9.17) is 4.98 Å². The standard InChI is InChI=1S/C21H23N9S/c1-3-16-19-27-26-13(2)29(19)17-10-23-21(25-18(17)30(16)14-6-4-5-7-14)28-11-15(24-12-28)20-22-8-9-31-20/h8-12,14,16H,3-7H2,1-2H3/t16-/m1/s1. The molecule has 0 aromatic carbocycles. The maximum atomic E-state index is 5.07. The first-order chi connectivity index (χ1) is 15.2. The Morgan fingerprint density at radius 1 is 1.13 bits per heavy atom. The highest BCUT2D eigenvalue weighted by Crippen LogP contribution is 2.43. The first-order valence-electron chi connectivity index (χ1n) is 10.8. The largest absolute Gasteiger partial charge is 0.341 e. The van der Waals surface area contributed by atoms with Crippen LogP contribution in [0.1, 0.15) is 56.7 Å². The second-order valence-corrected chi connectivity index (χ2v) is 8.99. The van der Waals surface area contributed by atoms with E-state index in [2.05, 4.69) is 41.5 Å². The third-order valence-electron chi connectivity index (χ3n) is 6.28. The number of anilines is 1. The smallest absolute Gasteiger partial charge is 0.237 e. The number of hydrogen-bond donors (Lipinski definition) is 0. The minimum Gasteiger partial charge on any atom is -0.341 e. The number of hydrogen-bond acceptors (Lipinski definition) is 8. The molecule has 158 valence electrons. The average Bonchev–Trinajstić information content (AvgIpc) is 3.59. The van der Waals surface area contributed by atoms with Crippen molar-refractivity contribution in [2.24, 2.45) is 0 Å². The van der Waals surface area contributed by atoms with E-state index in [1.807, 2.05) is 29.3 Å². The van der Waals surface area contributed by atoms with Crippen LogP contribution in [0, 0.1) is 6.92 Å². The Bertz CT molecular complexity index is 1220. The molecule has 0 radical (unpaired) electrons. The lowest BCUT2D eigenvalue weighted by Crippen LogP contribution is -2.42. The number of rotatable bonds is 4. The Labute approximate surface area is 183 Å². The van der Waals surface area contributed by atoms with Crippen molar-refractivity contribution in [3.8, 4) is 22.3 Å². The van der Waals surface area contributed by atoms with E-state index in [9.17, 15) is 0 Å². The van der Waals surface area contributed by atoms with Crippen molar-refractivity contribution in [1.82, 2.24) is 39.3 Å². The molecule has 0 spiro atoms. The molecule has 6 rings (SSSR count). The molecule has 31 heavy (non-hydrogen) atoms. The highest BCUT2D eigenvalue weighted by atomic mass is 32.1. The van der Waals surface area contributed by atoms with Crippen LogP contribution in [-0.2, 0) is 0 Å². The summed E-state index contributed by atoms with van der Waals surface area (Å²) in [5.74, 6) is 3.43. The number of aryl methyl sites for hydroxylation is 1. The molecule has 0 bridgehead atoms. The lowest BCUT2D eigenvalue weighted by atomic mass is 10.0. The summed E-state index contributed by atoms with van der Waals surface area (Å²) < 4.78 is 3.99. The monoisotopic (exact) mass is 433 g/mol. The van der Waals surface area contributed by atoms with Crippen molar-refractivity contribution in [3.63, 3.8) is 0 Å². The molecule has 2 aliphatic rings. The highest BCUT2D eigenvalue weighted by molar-refractivity contribution is 7.13. The topological polar surface area (TPSA) is 90.4 Å². The van der Waals surface area contributed by atoms with Crippen molar-refractivity contribution in [2.45, 2.75) is 58.0 Å².